The third-order valence-electron chi connectivity index (χ3n) is 1.56. The van der Waals surface area contributed by atoms with Gasteiger partial charge in [0.15, 0.2) is 0 Å². The quantitative estimate of drug-likeness (QED) is 0.724. The zero-order valence-electron chi connectivity index (χ0n) is 6.80. The maximum Gasteiger partial charge on any atom is 0.252 e. The molecule has 1 rings (SSSR count). The molecule has 0 bridgehead atoms. The van der Waals surface area contributed by atoms with E-state index in [4.69, 9.17) is 11.6 Å². The maximum atomic E-state index is 10.7. The molecule has 1 aromatic rings. The lowest BCUT2D eigenvalue weighted by atomic mass is 10.1. The van der Waals surface area contributed by atoms with Crippen LogP contribution in [0.2, 0.25) is 0 Å². The number of hydrogen-bond acceptors (Lipinski definition) is 2. The Morgan fingerprint density at radius 2 is 2.00 bits per heavy atom. The first-order valence-electron chi connectivity index (χ1n) is 3.67. The minimum Gasteiger partial charge on any atom is -0.316 e. The minimum atomic E-state index is -0.411. The van der Waals surface area contributed by atoms with E-state index in [1.807, 2.05) is 19.2 Å². The Kier molecular flexibility index (Phi) is 3.26. The standard InChI is InChI=1S/C9H10ClNO/c1-11-6-7-2-4-8(5-3-7)9(10)12/h2-5,11H,6H2,1H3. The fourth-order valence-electron chi connectivity index (χ4n) is 0.958. The molecule has 0 amide bonds. The molecule has 1 N–H and O–H groups in total. The van der Waals surface area contributed by atoms with Crippen molar-refractivity contribution < 1.29 is 4.79 Å². The Labute approximate surface area is 76.5 Å². The van der Waals surface area contributed by atoms with Gasteiger partial charge in [0.1, 0.15) is 0 Å². The number of hydrogen-bond donors (Lipinski definition) is 1. The molecule has 0 aliphatic heterocycles. The van der Waals surface area contributed by atoms with Crippen LogP contribution < -0.4 is 5.32 Å². The number of carbonyl (C=O) groups excluding carboxylic acids is 1. The summed E-state index contributed by atoms with van der Waals surface area (Å²) in [5.74, 6) is 0. The third kappa shape index (κ3) is 2.32. The average molecular weight is 184 g/mol. The van der Waals surface area contributed by atoms with Crippen molar-refractivity contribution >= 4 is 16.8 Å². The highest BCUT2D eigenvalue weighted by Crippen LogP contribution is 2.06. The molecule has 0 radical (unpaired) electrons. The second-order valence-corrected chi connectivity index (χ2v) is 2.84. The van der Waals surface area contributed by atoms with Gasteiger partial charge in [0, 0.05) is 12.1 Å². The topological polar surface area (TPSA) is 29.1 Å². The molecule has 1 aromatic carbocycles. The van der Waals surface area contributed by atoms with Crippen LogP contribution in [0.4, 0.5) is 0 Å². The molecule has 0 aliphatic rings. The molecular weight excluding hydrogens is 174 g/mol. The molecule has 0 atom stereocenters. The molecule has 0 spiro atoms. The summed E-state index contributed by atoms with van der Waals surface area (Å²) in [4.78, 5) is 10.7. The van der Waals surface area contributed by atoms with Crippen molar-refractivity contribution in [1.29, 1.82) is 0 Å². The molecule has 0 fully saturated rings. The van der Waals surface area contributed by atoms with E-state index in [9.17, 15) is 4.79 Å². The monoisotopic (exact) mass is 183 g/mol. The summed E-state index contributed by atoms with van der Waals surface area (Å²) in [7, 11) is 1.88. The van der Waals surface area contributed by atoms with Crippen molar-refractivity contribution in [2.75, 3.05) is 7.05 Å². The molecule has 0 heterocycles. The maximum absolute atomic E-state index is 10.7. The largest absolute Gasteiger partial charge is 0.316 e. The molecule has 64 valence electrons. The van der Waals surface area contributed by atoms with Crippen LogP contribution in [-0.2, 0) is 6.54 Å². The SMILES string of the molecule is CNCc1ccc(C(=O)Cl)cc1. The van der Waals surface area contributed by atoms with Gasteiger partial charge in [0.25, 0.3) is 5.24 Å². The Morgan fingerprint density at radius 3 is 2.42 bits per heavy atom. The second kappa shape index (κ2) is 4.24. The first-order valence-corrected chi connectivity index (χ1v) is 4.05. The van der Waals surface area contributed by atoms with Gasteiger partial charge in [-0.1, -0.05) is 12.1 Å². The molecule has 0 aliphatic carbocycles. The van der Waals surface area contributed by atoms with Gasteiger partial charge in [-0.05, 0) is 36.3 Å². The van der Waals surface area contributed by atoms with Gasteiger partial charge in [-0.25, -0.2) is 0 Å². The molecule has 0 saturated heterocycles. The van der Waals surface area contributed by atoms with Crippen LogP contribution in [0.1, 0.15) is 15.9 Å². The lowest BCUT2D eigenvalue weighted by molar-refractivity contribution is 0.108. The summed E-state index contributed by atoms with van der Waals surface area (Å²) in [5, 5.41) is 2.60. The highest BCUT2D eigenvalue weighted by Gasteiger charge is 1.99. The van der Waals surface area contributed by atoms with Gasteiger partial charge in [0.2, 0.25) is 0 Å². The molecular formula is C9H10ClNO. The van der Waals surface area contributed by atoms with Crippen LogP contribution in [0.3, 0.4) is 0 Å². The summed E-state index contributed by atoms with van der Waals surface area (Å²) in [6.07, 6.45) is 0. The first kappa shape index (κ1) is 9.23. The highest BCUT2D eigenvalue weighted by molar-refractivity contribution is 6.67. The van der Waals surface area contributed by atoms with E-state index >= 15 is 0 Å². The Hall–Kier alpha value is -0.860. The van der Waals surface area contributed by atoms with Crippen LogP contribution in [0.25, 0.3) is 0 Å². The summed E-state index contributed by atoms with van der Waals surface area (Å²) in [5.41, 5.74) is 1.68. The molecule has 12 heavy (non-hydrogen) atoms. The zero-order chi connectivity index (χ0) is 8.97. The smallest absolute Gasteiger partial charge is 0.252 e. The molecule has 0 aromatic heterocycles. The first-order chi connectivity index (χ1) is 5.74. The molecule has 0 saturated carbocycles. The predicted molar refractivity (Wildman–Crippen MR) is 49.4 cm³/mol. The van der Waals surface area contributed by atoms with Crippen molar-refractivity contribution in [3.8, 4) is 0 Å². The number of nitrogens with one attached hydrogen (secondary N) is 1. The molecule has 3 heteroatoms. The normalized spacial score (nSPS) is 9.83. The number of rotatable bonds is 3. The Balaban J connectivity index is 2.78. The van der Waals surface area contributed by atoms with Crippen molar-refractivity contribution in [2.24, 2.45) is 0 Å². The summed E-state index contributed by atoms with van der Waals surface area (Å²) in [6.45, 7) is 0.802. The van der Waals surface area contributed by atoms with Gasteiger partial charge in [0.05, 0.1) is 0 Å². The van der Waals surface area contributed by atoms with E-state index in [0.29, 0.717) is 5.56 Å². The second-order valence-electron chi connectivity index (χ2n) is 2.50. The van der Waals surface area contributed by atoms with Gasteiger partial charge in [-0.15, -0.1) is 0 Å². The molecule has 2 nitrogen and oxygen atoms in total. The van der Waals surface area contributed by atoms with Gasteiger partial charge >= 0.3 is 0 Å². The van der Waals surface area contributed by atoms with E-state index in [-0.39, 0.29) is 0 Å². The van der Waals surface area contributed by atoms with Crippen LogP contribution >= 0.6 is 11.6 Å². The van der Waals surface area contributed by atoms with Crippen LogP contribution in [0.15, 0.2) is 24.3 Å². The summed E-state index contributed by atoms with van der Waals surface area (Å²) in [6, 6.07) is 7.21. The van der Waals surface area contributed by atoms with E-state index in [1.165, 1.54) is 0 Å². The van der Waals surface area contributed by atoms with Gasteiger partial charge in [-0.2, -0.15) is 0 Å². The number of carbonyl (C=O) groups is 1. The summed E-state index contributed by atoms with van der Waals surface area (Å²) >= 11 is 5.28. The molecule has 0 unspecified atom stereocenters. The van der Waals surface area contributed by atoms with Crippen LogP contribution in [-0.4, -0.2) is 12.3 Å². The van der Waals surface area contributed by atoms with Gasteiger partial charge < -0.3 is 5.32 Å². The Morgan fingerprint density at radius 1 is 1.42 bits per heavy atom. The Bertz CT molecular complexity index is 268. The fraction of sp³-hybridized carbons (Fsp3) is 0.222. The lowest BCUT2D eigenvalue weighted by Gasteiger charge is -1.99. The van der Waals surface area contributed by atoms with E-state index in [2.05, 4.69) is 5.32 Å². The van der Waals surface area contributed by atoms with E-state index < -0.39 is 5.24 Å². The fourth-order valence-corrected chi connectivity index (χ4v) is 1.08. The lowest BCUT2D eigenvalue weighted by Crippen LogP contribution is -2.04. The minimum absolute atomic E-state index is 0.411. The van der Waals surface area contributed by atoms with E-state index in [1.54, 1.807) is 12.1 Å². The number of benzene rings is 1. The van der Waals surface area contributed by atoms with Crippen LogP contribution in [0, 0.1) is 0 Å². The summed E-state index contributed by atoms with van der Waals surface area (Å²) < 4.78 is 0. The zero-order valence-corrected chi connectivity index (χ0v) is 7.56. The average Bonchev–Trinajstić information content (AvgIpc) is 2.06. The van der Waals surface area contributed by atoms with Crippen molar-refractivity contribution in [3.05, 3.63) is 35.4 Å². The van der Waals surface area contributed by atoms with Gasteiger partial charge in [-0.3, -0.25) is 4.79 Å². The van der Waals surface area contributed by atoms with E-state index in [0.717, 1.165) is 12.1 Å². The van der Waals surface area contributed by atoms with Crippen LogP contribution in [0.5, 0.6) is 0 Å². The number of halogens is 1. The third-order valence-corrected chi connectivity index (χ3v) is 1.78. The highest BCUT2D eigenvalue weighted by atomic mass is 35.5. The van der Waals surface area contributed by atoms with Crippen molar-refractivity contribution in [3.63, 3.8) is 0 Å². The van der Waals surface area contributed by atoms with Crippen molar-refractivity contribution in [2.45, 2.75) is 6.54 Å². The van der Waals surface area contributed by atoms with Crippen molar-refractivity contribution in [1.82, 2.24) is 5.32 Å². The predicted octanol–water partition coefficient (Wildman–Crippen LogP) is 1.79.